The van der Waals surface area contributed by atoms with E-state index in [2.05, 4.69) is 6.92 Å². The first-order valence-electron chi connectivity index (χ1n) is 8.13. The molecule has 0 aliphatic heterocycles. The molecule has 5 heteroatoms. The third-order valence-corrected chi connectivity index (χ3v) is 5.39. The van der Waals surface area contributed by atoms with Gasteiger partial charge in [0.15, 0.2) is 0 Å². The molecule has 1 heterocycles. The third kappa shape index (κ3) is 3.40. The zero-order chi connectivity index (χ0) is 16.4. The Balaban J connectivity index is 2.00. The van der Waals surface area contributed by atoms with Crippen molar-refractivity contribution < 1.29 is 13.9 Å². The van der Waals surface area contributed by atoms with E-state index >= 15 is 0 Å². The van der Waals surface area contributed by atoms with Crippen LogP contribution in [0.15, 0.2) is 18.2 Å². The lowest BCUT2D eigenvalue weighted by Gasteiger charge is -2.22. The molecular formula is C18H22FNO2S. The predicted octanol–water partition coefficient (Wildman–Crippen LogP) is 4.45. The molecule has 0 bridgehead atoms. The molecule has 0 unspecified atom stereocenters. The zero-order valence-electron chi connectivity index (χ0n) is 13.6. The highest BCUT2D eigenvalue weighted by Gasteiger charge is 2.29. The molecule has 23 heavy (non-hydrogen) atoms. The van der Waals surface area contributed by atoms with Gasteiger partial charge in [-0.25, -0.2) is 4.39 Å². The molecule has 1 fully saturated rings. The lowest BCUT2D eigenvalue weighted by atomic mass is 10.1. The van der Waals surface area contributed by atoms with Crippen molar-refractivity contribution in [3.05, 3.63) is 34.5 Å². The molecule has 1 aromatic heterocycles. The van der Waals surface area contributed by atoms with Gasteiger partial charge < -0.3 is 9.64 Å². The van der Waals surface area contributed by atoms with Crippen molar-refractivity contribution in [1.82, 2.24) is 4.90 Å². The van der Waals surface area contributed by atoms with Crippen LogP contribution in [0.2, 0.25) is 0 Å². The number of amides is 1. The summed E-state index contributed by atoms with van der Waals surface area (Å²) in [6.07, 6.45) is 3.34. The van der Waals surface area contributed by atoms with Crippen LogP contribution in [0.5, 0.6) is 0 Å². The average molecular weight is 335 g/mol. The van der Waals surface area contributed by atoms with E-state index < -0.39 is 0 Å². The molecule has 1 amide bonds. The summed E-state index contributed by atoms with van der Waals surface area (Å²) >= 11 is 1.38. The number of hydrogen-bond donors (Lipinski definition) is 0. The maximum absolute atomic E-state index is 14.2. The van der Waals surface area contributed by atoms with Crippen LogP contribution in [-0.2, 0) is 11.3 Å². The van der Waals surface area contributed by atoms with Crippen LogP contribution in [-0.4, -0.2) is 31.0 Å². The van der Waals surface area contributed by atoms with Crippen LogP contribution in [0.3, 0.4) is 0 Å². The predicted molar refractivity (Wildman–Crippen MR) is 91.4 cm³/mol. The fourth-order valence-electron chi connectivity index (χ4n) is 2.92. The molecule has 0 radical (unpaired) electrons. The SMILES string of the molecule is CCCN(CC1CC1)C(=O)c1sc2cccc(F)c2c1COC. The monoisotopic (exact) mass is 335 g/mol. The van der Waals surface area contributed by atoms with E-state index in [4.69, 9.17) is 4.74 Å². The number of nitrogens with zero attached hydrogens (tertiary/aromatic N) is 1. The number of methoxy groups -OCH3 is 1. The summed E-state index contributed by atoms with van der Waals surface area (Å²) in [4.78, 5) is 15.6. The highest BCUT2D eigenvalue weighted by atomic mass is 32.1. The van der Waals surface area contributed by atoms with E-state index in [9.17, 15) is 9.18 Å². The lowest BCUT2D eigenvalue weighted by Crippen LogP contribution is -2.33. The fraction of sp³-hybridized carbons (Fsp3) is 0.500. The first-order valence-corrected chi connectivity index (χ1v) is 8.95. The Morgan fingerprint density at radius 3 is 2.87 bits per heavy atom. The Kier molecular flexibility index (Phi) is 4.97. The molecule has 0 atom stereocenters. The molecule has 3 nitrogen and oxygen atoms in total. The summed E-state index contributed by atoms with van der Waals surface area (Å²) in [7, 11) is 1.58. The van der Waals surface area contributed by atoms with Crippen molar-refractivity contribution in [3.8, 4) is 0 Å². The van der Waals surface area contributed by atoms with Crippen molar-refractivity contribution in [3.63, 3.8) is 0 Å². The molecule has 1 aromatic carbocycles. The summed E-state index contributed by atoms with van der Waals surface area (Å²) < 4.78 is 20.3. The maximum atomic E-state index is 14.2. The topological polar surface area (TPSA) is 29.5 Å². The van der Waals surface area contributed by atoms with Gasteiger partial charge in [0.2, 0.25) is 0 Å². The van der Waals surface area contributed by atoms with E-state index in [-0.39, 0.29) is 18.3 Å². The van der Waals surface area contributed by atoms with Crippen molar-refractivity contribution in [2.45, 2.75) is 32.8 Å². The Labute approximate surface area is 140 Å². The van der Waals surface area contributed by atoms with Gasteiger partial charge in [0.25, 0.3) is 5.91 Å². The zero-order valence-corrected chi connectivity index (χ0v) is 14.4. The second kappa shape index (κ2) is 6.97. The first kappa shape index (κ1) is 16.4. The molecule has 124 valence electrons. The van der Waals surface area contributed by atoms with Gasteiger partial charge in [0.05, 0.1) is 11.5 Å². The third-order valence-electron chi connectivity index (χ3n) is 4.20. The highest BCUT2D eigenvalue weighted by molar-refractivity contribution is 7.21. The van der Waals surface area contributed by atoms with Gasteiger partial charge >= 0.3 is 0 Å². The largest absolute Gasteiger partial charge is 0.380 e. The van der Waals surface area contributed by atoms with Gasteiger partial charge in [-0.1, -0.05) is 13.0 Å². The van der Waals surface area contributed by atoms with E-state index in [0.29, 0.717) is 21.7 Å². The number of carbonyl (C=O) groups is 1. The van der Waals surface area contributed by atoms with E-state index in [1.54, 1.807) is 13.2 Å². The molecule has 3 rings (SSSR count). The highest BCUT2D eigenvalue weighted by Crippen LogP contribution is 2.36. The molecule has 1 saturated carbocycles. The number of thiophene rings is 1. The Morgan fingerprint density at radius 2 is 2.22 bits per heavy atom. The van der Waals surface area contributed by atoms with Crippen molar-refractivity contribution in [2.24, 2.45) is 5.92 Å². The van der Waals surface area contributed by atoms with Crippen LogP contribution in [0.1, 0.15) is 41.4 Å². The van der Waals surface area contributed by atoms with E-state index in [1.807, 2.05) is 11.0 Å². The van der Waals surface area contributed by atoms with Gasteiger partial charge in [-0.15, -0.1) is 11.3 Å². The number of hydrogen-bond acceptors (Lipinski definition) is 3. The quantitative estimate of drug-likeness (QED) is 0.748. The summed E-state index contributed by atoms with van der Waals surface area (Å²) in [5, 5.41) is 0.533. The maximum Gasteiger partial charge on any atom is 0.264 e. The van der Waals surface area contributed by atoms with Crippen LogP contribution in [0.25, 0.3) is 10.1 Å². The second-order valence-corrected chi connectivity index (χ2v) is 7.20. The Bertz CT molecular complexity index is 708. The van der Waals surface area contributed by atoms with Crippen LogP contribution >= 0.6 is 11.3 Å². The van der Waals surface area contributed by atoms with Crippen molar-refractivity contribution in [1.29, 1.82) is 0 Å². The smallest absolute Gasteiger partial charge is 0.264 e. The minimum absolute atomic E-state index is 0.0198. The molecule has 0 saturated heterocycles. The van der Waals surface area contributed by atoms with Gasteiger partial charge in [-0.3, -0.25) is 4.79 Å². The van der Waals surface area contributed by atoms with Gasteiger partial charge in [-0.2, -0.15) is 0 Å². The van der Waals surface area contributed by atoms with E-state index in [0.717, 1.165) is 24.2 Å². The van der Waals surface area contributed by atoms with Gasteiger partial charge in [0.1, 0.15) is 5.82 Å². The Hall–Kier alpha value is -1.46. The number of halogens is 1. The van der Waals surface area contributed by atoms with Crippen LogP contribution in [0, 0.1) is 11.7 Å². The van der Waals surface area contributed by atoms with E-state index in [1.165, 1.54) is 30.2 Å². The van der Waals surface area contributed by atoms with Gasteiger partial charge in [0, 0.05) is 35.8 Å². The van der Waals surface area contributed by atoms with Crippen LogP contribution in [0.4, 0.5) is 4.39 Å². The molecule has 0 spiro atoms. The molecule has 1 aliphatic rings. The molecule has 0 N–H and O–H groups in total. The second-order valence-electron chi connectivity index (χ2n) is 6.15. The summed E-state index contributed by atoms with van der Waals surface area (Å²) in [6, 6.07) is 4.99. The lowest BCUT2D eigenvalue weighted by molar-refractivity contribution is 0.0748. The van der Waals surface area contributed by atoms with Gasteiger partial charge in [-0.05, 0) is 37.3 Å². The minimum atomic E-state index is -0.283. The van der Waals surface area contributed by atoms with Crippen molar-refractivity contribution >= 4 is 27.3 Å². The first-order chi connectivity index (χ1) is 11.2. The number of carbonyl (C=O) groups excluding carboxylic acids is 1. The minimum Gasteiger partial charge on any atom is -0.380 e. The van der Waals surface area contributed by atoms with Crippen molar-refractivity contribution in [2.75, 3.05) is 20.2 Å². The molecular weight excluding hydrogens is 313 g/mol. The summed E-state index contributed by atoms with van der Waals surface area (Å²) in [6.45, 7) is 3.90. The molecule has 1 aliphatic carbocycles. The average Bonchev–Trinajstić information content (AvgIpc) is 3.27. The normalized spacial score (nSPS) is 14.4. The number of rotatable bonds is 7. The van der Waals surface area contributed by atoms with Crippen LogP contribution < -0.4 is 0 Å². The summed E-state index contributed by atoms with van der Waals surface area (Å²) in [5.41, 5.74) is 0.688. The number of benzene rings is 1. The standard InChI is InChI=1S/C18H22FNO2S/c1-3-9-20(10-12-7-8-12)18(21)17-13(11-22-2)16-14(19)5-4-6-15(16)23-17/h4-6,12H,3,7-11H2,1-2H3. The number of fused-ring (bicyclic) bond motifs is 1. The fourth-order valence-corrected chi connectivity index (χ4v) is 4.11. The summed E-state index contributed by atoms with van der Waals surface area (Å²) in [5.74, 6) is 0.378. The number of ether oxygens (including phenoxy) is 1. The Morgan fingerprint density at radius 1 is 1.43 bits per heavy atom. The molecule has 2 aromatic rings.